The van der Waals surface area contributed by atoms with E-state index < -0.39 is 0 Å². The molecule has 0 aliphatic heterocycles. The van der Waals surface area contributed by atoms with Crippen molar-refractivity contribution in [2.45, 2.75) is 65.2 Å². The highest BCUT2D eigenvalue weighted by molar-refractivity contribution is 14.1. The Bertz CT molecular complexity index is 752. The summed E-state index contributed by atoms with van der Waals surface area (Å²) in [6.07, 6.45) is 6.30. The van der Waals surface area contributed by atoms with Crippen LogP contribution in [0.15, 0.2) is 28.8 Å². The van der Waals surface area contributed by atoms with Crippen molar-refractivity contribution in [3.8, 4) is 11.4 Å². The molecule has 1 aliphatic rings. The summed E-state index contributed by atoms with van der Waals surface area (Å²) in [5.74, 6) is 3.05. The number of carbonyl (C=O) groups is 1. The Morgan fingerprint density at radius 1 is 1.22 bits per heavy atom. The Hall–Kier alpha value is -1.24. The first-order chi connectivity index (χ1) is 13.0. The smallest absolute Gasteiger partial charge is 0.230 e. The number of aromatic nitrogens is 2. The second-order valence-corrected chi connectivity index (χ2v) is 9.32. The fraction of sp³-hybridized carbons (Fsp3) is 0.591. The highest BCUT2D eigenvalue weighted by Crippen LogP contribution is 2.34. The predicted molar refractivity (Wildman–Crippen MR) is 115 cm³/mol. The summed E-state index contributed by atoms with van der Waals surface area (Å²) in [6.45, 7) is 6.50. The van der Waals surface area contributed by atoms with Gasteiger partial charge in [0.2, 0.25) is 11.7 Å². The van der Waals surface area contributed by atoms with Crippen LogP contribution in [0.25, 0.3) is 11.4 Å². The zero-order chi connectivity index (χ0) is 19.4. The van der Waals surface area contributed by atoms with E-state index in [2.05, 4.69) is 53.5 Å². The maximum Gasteiger partial charge on any atom is 0.230 e. The summed E-state index contributed by atoms with van der Waals surface area (Å²) in [5, 5.41) is 4.18. The molecule has 0 bridgehead atoms. The number of carbonyl (C=O) groups excluding carboxylic acids is 1. The Balaban J connectivity index is 1.59. The zero-order valence-corrected chi connectivity index (χ0v) is 18.6. The summed E-state index contributed by atoms with van der Waals surface area (Å²) >= 11 is 2.29. The van der Waals surface area contributed by atoms with Crippen LogP contribution in [-0.4, -0.2) is 15.9 Å². The van der Waals surface area contributed by atoms with Gasteiger partial charge in [-0.1, -0.05) is 44.5 Å². The maximum atomic E-state index is 12.4. The van der Waals surface area contributed by atoms with E-state index in [9.17, 15) is 4.79 Å². The SMILES string of the molecule is CCC(CC(C)CC(C)C(=O)C1CCC1)c1nc(-c2ccc(I)cc2)no1. The molecule has 27 heavy (non-hydrogen) atoms. The second kappa shape index (κ2) is 9.30. The van der Waals surface area contributed by atoms with Crippen molar-refractivity contribution >= 4 is 28.4 Å². The molecular weight excluding hydrogens is 451 g/mol. The largest absolute Gasteiger partial charge is 0.339 e. The maximum absolute atomic E-state index is 12.4. The Kier molecular flexibility index (Phi) is 7.06. The molecule has 1 aromatic heterocycles. The summed E-state index contributed by atoms with van der Waals surface area (Å²) in [4.78, 5) is 17.1. The molecule has 0 N–H and O–H groups in total. The molecule has 0 spiro atoms. The van der Waals surface area contributed by atoms with Crippen molar-refractivity contribution in [1.29, 1.82) is 0 Å². The van der Waals surface area contributed by atoms with E-state index in [0.717, 1.165) is 43.6 Å². The third kappa shape index (κ3) is 5.18. The first-order valence-electron chi connectivity index (χ1n) is 10.1. The fourth-order valence-electron chi connectivity index (χ4n) is 3.96. The van der Waals surface area contributed by atoms with Gasteiger partial charge >= 0.3 is 0 Å². The standard InChI is InChI=1S/C22H29IN2O2/c1-4-16(13-14(2)12-15(3)20(26)17-6-5-7-17)22-24-21(25-27-22)18-8-10-19(23)11-9-18/h8-11,14-17H,4-7,12-13H2,1-3H3. The molecule has 3 unspecified atom stereocenters. The molecule has 1 fully saturated rings. The number of Topliss-reactive ketones (excluding diaryl/α,β-unsaturated/α-hetero) is 1. The summed E-state index contributed by atoms with van der Waals surface area (Å²) < 4.78 is 6.78. The number of halogens is 1. The average molecular weight is 480 g/mol. The zero-order valence-electron chi connectivity index (χ0n) is 16.5. The monoisotopic (exact) mass is 480 g/mol. The predicted octanol–water partition coefficient (Wildman–Crippen LogP) is 6.26. The average Bonchev–Trinajstić information content (AvgIpc) is 3.08. The van der Waals surface area contributed by atoms with Crippen LogP contribution in [-0.2, 0) is 4.79 Å². The van der Waals surface area contributed by atoms with Gasteiger partial charge in [0.05, 0.1) is 0 Å². The topological polar surface area (TPSA) is 56.0 Å². The van der Waals surface area contributed by atoms with E-state index in [-0.39, 0.29) is 11.8 Å². The molecule has 146 valence electrons. The minimum Gasteiger partial charge on any atom is -0.339 e. The lowest BCUT2D eigenvalue weighted by Gasteiger charge is -2.28. The number of rotatable bonds is 9. The minimum atomic E-state index is 0.160. The molecule has 0 amide bonds. The lowest BCUT2D eigenvalue weighted by Crippen LogP contribution is -2.28. The fourth-order valence-corrected chi connectivity index (χ4v) is 4.32. The van der Waals surface area contributed by atoms with Gasteiger partial charge in [-0.2, -0.15) is 4.98 Å². The Morgan fingerprint density at radius 2 is 1.93 bits per heavy atom. The van der Waals surface area contributed by atoms with Gasteiger partial charge in [-0.05, 0) is 72.7 Å². The summed E-state index contributed by atoms with van der Waals surface area (Å²) in [5.41, 5.74) is 0.980. The van der Waals surface area contributed by atoms with Gasteiger partial charge in [-0.15, -0.1) is 0 Å². The van der Waals surface area contributed by atoms with Gasteiger partial charge in [0.25, 0.3) is 0 Å². The van der Waals surface area contributed by atoms with Crippen LogP contribution in [0, 0.1) is 21.3 Å². The Morgan fingerprint density at radius 3 is 2.52 bits per heavy atom. The number of ketones is 1. The summed E-state index contributed by atoms with van der Waals surface area (Å²) in [7, 11) is 0. The van der Waals surface area contributed by atoms with Crippen molar-refractivity contribution in [3.05, 3.63) is 33.7 Å². The van der Waals surface area contributed by atoms with Crippen LogP contribution in [0.1, 0.15) is 71.1 Å². The van der Waals surface area contributed by atoms with E-state index in [0.29, 0.717) is 23.4 Å². The van der Waals surface area contributed by atoms with Crippen molar-refractivity contribution in [2.24, 2.45) is 17.8 Å². The number of hydrogen-bond acceptors (Lipinski definition) is 4. The van der Waals surface area contributed by atoms with Gasteiger partial charge in [0.1, 0.15) is 5.78 Å². The molecule has 0 radical (unpaired) electrons. The molecule has 3 rings (SSSR count). The lowest BCUT2D eigenvalue weighted by atomic mass is 9.75. The van der Waals surface area contributed by atoms with Gasteiger partial charge in [0, 0.05) is 26.9 Å². The van der Waals surface area contributed by atoms with Crippen molar-refractivity contribution in [2.75, 3.05) is 0 Å². The molecule has 1 aliphatic carbocycles. The lowest BCUT2D eigenvalue weighted by molar-refractivity contribution is -0.129. The van der Waals surface area contributed by atoms with Crippen molar-refractivity contribution in [1.82, 2.24) is 10.1 Å². The van der Waals surface area contributed by atoms with E-state index in [1.54, 1.807) is 0 Å². The van der Waals surface area contributed by atoms with Crippen molar-refractivity contribution in [3.63, 3.8) is 0 Å². The molecule has 1 saturated carbocycles. The molecule has 4 nitrogen and oxygen atoms in total. The molecular formula is C22H29IN2O2. The normalized spacial score (nSPS) is 17.9. The number of hydrogen-bond donors (Lipinski definition) is 0. The summed E-state index contributed by atoms with van der Waals surface area (Å²) in [6, 6.07) is 8.14. The number of nitrogens with zero attached hydrogens (tertiary/aromatic N) is 2. The van der Waals surface area contributed by atoms with E-state index >= 15 is 0 Å². The van der Waals surface area contributed by atoms with Gasteiger partial charge in [0.15, 0.2) is 0 Å². The molecule has 2 aromatic rings. The van der Waals surface area contributed by atoms with Gasteiger partial charge in [-0.25, -0.2) is 0 Å². The third-order valence-corrected chi connectivity index (χ3v) is 6.54. The molecule has 3 atom stereocenters. The van der Waals surface area contributed by atoms with E-state index in [1.807, 2.05) is 24.3 Å². The first kappa shape index (κ1) is 20.5. The van der Waals surface area contributed by atoms with Gasteiger partial charge < -0.3 is 4.52 Å². The molecule has 0 saturated heterocycles. The number of benzene rings is 1. The van der Waals surface area contributed by atoms with Crippen LogP contribution < -0.4 is 0 Å². The first-order valence-corrected chi connectivity index (χ1v) is 11.2. The Labute approximate surface area is 175 Å². The van der Waals surface area contributed by atoms with Gasteiger partial charge in [-0.3, -0.25) is 4.79 Å². The van der Waals surface area contributed by atoms with Crippen molar-refractivity contribution < 1.29 is 9.32 Å². The van der Waals surface area contributed by atoms with Crippen LogP contribution in [0.2, 0.25) is 0 Å². The third-order valence-electron chi connectivity index (χ3n) is 5.82. The van der Waals surface area contributed by atoms with E-state index in [4.69, 9.17) is 4.52 Å². The van der Waals surface area contributed by atoms with E-state index in [1.165, 1.54) is 9.99 Å². The second-order valence-electron chi connectivity index (χ2n) is 8.08. The van der Waals surface area contributed by atoms with Crippen LogP contribution in [0.4, 0.5) is 0 Å². The van der Waals surface area contributed by atoms with Crippen LogP contribution in [0.5, 0.6) is 0 Å². The van der Waals surface area contributed by atoms with Crippen LogP contribution in [0.3, 0.4) is 0 Å². The highest BCUT2D eigenvalue weighted by atomic mass is 127. The molecule has 1 aromatic carbocycles. The highest BCUT2D eigenvalue weighted by Gasteiger charge is 2.30. The molecule has 5 heteroatoms. The molecule has 1 heterocycles. The van der Waals surface area contributed by atoms with Crippen LogP contribution >= 0.6 is 22.6 Å². The minimum absolute atomic E-state index is 0.160. The quantitative estimate of drug-likeness (QED) is 0.398.